The number of carbonyl (C=O) groups is 1. The molecule has 0 aliphatic rings. The molecular weight excluding hydrogens is 375 g/mol. The first kappa shape index (κ1) is 19.9. The Balaban J connectivity index is 1.55. The Morgan fingerprint density at radius 1 is 0.963 bits per heavy atom. The van der Waals surface area contributed by atoms with E-state index in [4.69, 9.17) is 0 Å². The van der Waals surface area contributed by atoms with E-state index in [9.17, 15) is 15.0 Å². The molecule has 0 aliphatic heterocycles. The molecule has 27 heavy (non-hydrogen) atoms. The maximum Gasteiger partial charge on any atom is 0.336 e. The van der Waals surface area contributed by atoms with Crippen LogP contribution in [0.3, 0.4) is 0 Å². The first-order valence-corrected chi connectivity index (χ1v) is 11.3. The second-order valence-corrected chi connectivity index (χ2v) is 9.25. The zero-order valence-electron chi connectivity index (χ0n) is 15.0. The number of thioether (sulfide) groups is 1. The summed E-state index contributed by atoms with van der Waals surface area (Å²) in [5, 5.41) is 22.6. The van der Waals surface area contributed by atoms with Crippen LogP contribution in [0.25, 0.3) is 10.8 Å². The molecule has 0 aromatic heterocycles. The van der Waals surface area contributed by atoms with E-state index in [1.54, 1.807) is 11.8 Å². The molecule has 0 aliphatic carbocycles. The average Bonchev–Trinajstić information content (AvgIpc) is 2.70. The van der Waals surface area contributed by atoms with Crippen LogP contribution in [0.2, 0.25) is 0 Å². The Labute approximate surface area is 165 Å². The highest BCUT2D eigenvalue weighted by Crippen LogP contribution is 2.34. The van der Waals surface area contributed by atoms with Crippen LogP contribution in [0.4, 0.5) is 0 Å². The summed E-state index contributed by atoms with van der Waals surface area (Å²) in [4.78, 5) is 12.8. The predicted molar refractivity (Wildman–Crippen MR) is 115 cm³/mol. The lowest BCUT2D eigenvalue weighted by Gasteiger charge is -2.23. The van der Waals surface area contributed by atoms with Crippen molar-refractivity contribution < 1.29 is 15.0 Å². The molecule has 5 heteroatoms. The Morgan fingerprint density at radius 3 is 2.44 bits per heavy atom. The first-order valence-electron chi connectivity index (χ1n) is 8.89. The molecule has 0 bridgehead atoms. The summed E-state index contributed by atoms with van der Waals surface area (Å²) in [6.07, 6.45) is 1.08. The van der Waals surface area contributed by atoms with Crippen molar-refractivity contribution in [2.24, 2.45) is 0 Å². The summed E-state index contributed by atoms with van der Waals surface area (Å²) in [5.41, 5.74) is 0.188. The number of hydrogen-bond acceptors (Lipinski definition) is 3. The first-order chi connectivity index (χ1) is 13.1. The van der Waals surface area contributed by atoms with Crippen molar-refractivity contribution in [2.75, 3.05) is 11.7 Å². The van der Waals surface area contributed by atoms with Crippen LogP contribution in [-0.2, 0) is 11.2 Å². The number of aliphatic hydroxyl groups is 1. The zero-order chi connectivity index (χ0) is 19.1. The van der Waals surface area contributed by atoms with Gasteiger partial charge < -0.3 is 10.2 Å². The lowest BCUT2D eigenvalue weighted by molar-refractivity contribution is -0.156. The lowest BCUT2D eigenvalue weighted by Crippen LogP contribution is -2.41. The molecule has 0 heterocycles. The summed E-state index contributed by atoms with van der Waals surface area (Å²) in [6.45, 7) is 0. The summed E-state index contributed by atoms with van der Waals surface area (Å²) < 4.78 is 0. The molecule has 3 rings (SSSR count). The number of carboxylic acid groups (broad SMARTS) is 1. The number of aryl methyl sites for hydroxylation is 1. The van der Waals surface area contributed by atoms with Gasteiger partial charge in [0.05, 0.1) is 0 Å². The van der Waals surface area contributed by atoms with E-state index in [2.05, 4.69) is 24.3 Å². The number of hydrogen-bond donors (Lipinski definition) is 2. The summed E-state index contributed by atoms with van der Waals surface area (Å²) in [5.74, 6) is -1.12. The Hall–Kier alpha value is -1.87. The molecule has 2 atom stereocenters. The Morgan fingerprint density at radius 2 is 1.67 bits per heavy atom. The second-order valence-electron chi connectivity index (χ2n) is 6.52. The van der Waals surface area contributed by atoms with Gasteiger partial charge in [-0.25, -0.2) is 4.79 Å². The maximum atomic E-state index is 11.6. The van der Waals surface area contributed by atoms with Crippen LogP contribution < -0.4 is 0 Å². The van der Waals surface area contributed by atoms with Crippen molar-refractivity contribution in [3.63, 3.8) is 0 Å². The van der Waals surface area contributed by atoms with Crippen molar-refractivity contribution in [1.82, 2.24) is 0 Å². The fourth-order valence-corrected chi connectivity index (χ4v) is 5.67. The number of aliphatic carboxylic acids is 1. The van der Waals surface area contributed by atoms with E-state index in [1.807, 2.05) is 48.5 Å². The van der Waals surface area contributed by atoms with E-state index in [0.29, 0.717) is 15.0 Å². The third kappa shape index (κ3) is 5.32. The number of benzene rings is 3. The van der Waals surface area contributed by atoms with Crippen LogP contribution in [0, 0.1) is 0 Å². The third-order valence-corrected chi connectivity index (χ3v) is 7.46. The average molecular weight is 398 g/mol. The monoisotopic (exact) mass is 398 g/mol. The molecule has 0 radical (unpaired) electrons. The van der Waals surface area contributed by atoms with Crippen LogP contribution in [0.5, 0.6) is 0 Å². The van der Waals surface area contributed by atoms with Gasteiger partial charge in [-0.05, 0) is 35.2 Å². The van der Waals surface area contributed by atoms with Gasteiger partial charge in [0.1, 0.15) is 0 Å². The zero-order valence-corrected chi connectivity index (χ0v) is 16.8. The van der Waals surface area contributed by atoms with Crippen molar-refractivity contribution in [3.05, 3.63) is 78.4 Å². The predicted octanol–water partition coefficient (Wildman–Crippen LogP) is 5.02. The molecule has 2 N–H and O–H groups in total. The normalized spacial score (nSPS) is 13.8. The van der Waals surface area contributed by atoms with Gasteiger partial charge in [-0.1, -0.05) is 66.7 Å². The van der Waals surface area contributed by atoms with Gasteiger partial charge in [0.2, 0.25) is 0 Å². The quantitative estimate of drug-likeness (QED) is 0.302. The maximum absolute atomic E-state index is 11.6. The van der Waals surface area contributed by atoms with Gasteiger partial charge in [0, 0.05) is 16.6 Å². The van der Waals surface area contributed by atoms with Gasteiger partial charge in [0.25, 0.3) is 0 Å². The highest BCUT2D eigenvalue weighted by atomic mass is 32.2. The fourth-order valence-electron chi connectivity index (χ4n) is 2.97. The Kier molecular flexibility index (Phi) is 6.89. The lowest BCUT2D eigenvalue weighted by atomic mass is 9.97. The summed E-state index contributed by atoms with van der Waals surface area (Å²) in [7, 11) is 0.373. The molecule has 0 saturated carbocycles. The van der Waals surface area contributed by atoms with E-state index in [0.717, 1.165) is 11.1 Å². The van der Waals surface area contributed by atoms with E-state index in [-0.39, 0.29) is 12.6 Å². The molecule has 140 valence electrons. The molecule has 2 unspecified atom stereocenters. The molecule has 3 aromatic carbocycles. The van der Waals surface area contributed by atoms with Gasteiger partial charge in [-0.2, -0.15) is 0 Å². The van der Waals surface area contributed by atoms with E-state index in [1.165, 1.54) is 15.7 Å². The topological polar surface area (TPSA) is 57.5 Å². The molecule has 0 fully saturated rings. The number of carboxylic acids is 1. The van der Waals surface area contributed by atoms with Gasteiger partial charge in [-0.15, -0.1) is 20.3 Å². The summed E-state index contributed by atoms with van der Waals surface area (Å²) in [6, 6.07) is 24.2. The number of fused-ring (bicyclic) bond motifs is 1. The largest absolute Gasteiger partial charge is 0.479 e. The van der Waals surface area contributed by atoms with Crippen molar-refractivity contribution in [3.8, 4) is 0 Å². The Bertz CT molecular complexity index is 895. The van der Waals surface area contributed by atoms with Crippen LogP contribution in [0.1, 0.15) is 12.0 Å². The van der Waals surface area contributed by atoms with Crippen LogP contribution in [-0.4, -0.2) is 33.4 Å². The van der Waals surface area contributed by atoms with Crippen molar-refractivity contribution in [1.29, 1.82) is 0 Å². The van der Waals surface area contributed by atoms with E-state index >= 15 is 0 Å². The third-order valence-electron chi connectivity index (χ3n) is 4.56. The molecule has 0 amide bonds. The molecular formula is C22H23O3PS. The second kappa shape index (κ2) is 9.36. The number of rotatable bonds is 9. The SMILES string of the molecule is O=C(O)C(O)(CCc1ccccc1)CPCSc1cccc2ccccc12. The molecule has 3 nitrogen and oxygen atoms in total. The highest BCUT2D eigenvalue weighted by molar-refractivity contribution is 8.03. The molecule has 0 spiro atoms. The van der Waals surface area contributed by atoms with Crippen molar-refractivity contribution in [2.45, 2.75) is 23.3 Å². The standard InChI is InChI=1S/C22H23O3PS/c23-21(24)22(25,14-13-17-7-2-1-3-8-17)15-26-16-27-20-12-6-10-18-9-4-5-11-19(18)20/h1-12,25-26H,13-16H2,(H,23,24). The smallest absolute Gasteiger partial charge is 0.336 e. The van der Waals surface area contributed by atoms with Gasteiger partial charge in [0.15, 0.2) is 5.60 Å². The highest BCUT2D eigenvalue weighted by Gasteiger charge is 2.34. The molecule has 0 saturated heterocycles. The molecule has 3 aromatic rings. The minimum Gasteiger partial charge on any atom is -0.479 e. The van der Waals surface area contributed by atoms with E-state index < -0.39 is 11.6 Å². The van der Waals surface area contributed by atoms with Gasteiger partial charge >= 0.3 is 5.97 Å². The van der Waals surface area contributed by atoms with Gasteiger partial charge in [-0.3, -0.25) is 0 Å². The minimum absolute atomic E-state index is 0.234. The van der Waals surface area contributed by atoms with Crippen LogP contribution in [0.15, 0.2) is 77.7 Å². The fraction of sp³-hybridized carbons (Fsp3) is 0.227. The van der Waals surface area contributed by atoms with Crippen molar-refractivity contribution >= 4 is 37.1 Å². The summed E-state index contributed by atoms with van der Waals surface area (Å²) >= 11 is 1.73. The van der Waals surface area contributed by atoms with Crippen LogP contribution >= 0.6 is 20.3 Å². The minimum atomic E-state index is -1.66.